The zero-order chi connectivity index (χ0) is 18.6. The van der Waals surface area contributed by atoms with E-state index in [4.69, 9.17) is 9.47 Å². The van der Waals surface area contributed by atoms with Crippen molar-refractivity contribution in [3.8, 4) is 0 Å². The van der Waals surface area contributed by atoms with Crippen LogP contribution in [0.25, 0.3) is 0 Å². The average molecular weight is 351 g/mol. The minimum absolute atomic E-state index is 0.0182. The number of amides is 1. The summed E-state index contributed by atoms with van der Waals surface area (Å²) in [5.41, 5.74) is 1.22. The first-order chi connectivity index (χ1) is 11.8. The number of esters is 1. The van der Waals surface area contributed by atoms with Crippen LogP contribution in [0.1, 0.15) is 62.8 Å². The molecule has 1 saturated heterocycles. The predicted molar refractivity (Wildman–Crippen MR) is 93.6 cm³/mol. The van der Waals surface area contributed by atoms with Crippen LogP contribution in [0.2, 0.25) is 0 Å². The minimum atomic E-state index is -0.389. The molecule has 7 heteroatoms. The second kappa shape index (κ2) is 7.99. The molecule has 1 aliphatic heterocycles. The number of hydrogen-bond acceptors (Lipinski definition) is 5. The van der Waals surface area contributed by atoms with Crippen LogP contribution < -0.4 is 0 Å². The standard InChI is InChI=1S/C18H29N3O4/c1-6-25-17(23)14-11-15(18(2,3)4)21(19-14)13-7-9-20(10-8-13)16(22)12-24-5/h11,13H,6-10,12H2,1-5H3. The molecule has 2 heterocycles. The number of nitrogens with zero attached hydrogens (tertiary/aromatic N) is 3. The van der Waals surface area contributed by atoms with Crippen molar-refractivity contribution < 1.29 is 19.1 Å². The summed E-state index contributed by atoms with van der Waals surface area (Å²) in [5.74, 6) is -0.371. The molecule has 7 nitrogen and oxygen atoms in total. The number of ether oxygens (including phenoxy) is 2. The number of methoxy groups -OCH3 is 1. The molecule has 2 rings (SSSR count). The molecule has 0 radical (unpaired) electrons. The molecular weight excluding hydrogens is 322 g/mol. The number of carbonyl (C=O) groups excluding carboxylic acids is 2. The normalized spacial score (nSPS) is 16.1. The van der Waals surface area contributed by atoms with Gasteiger partial charge in [0.2, 0.25) is 5.91 Å². The molecule has 0 unspecified atom stereocenters. The van der Waals surface area contributed by atoms with Crippen LogP contribution in [0.15, 0.2) is 6.07 Å². The number of likely N-dealkylation sites (tertiary alicyclic amines) is 1. The molecule has 0 aliphatic carbocycles. The van der Waals surface area contributed by atoms with E-state index in [9.17, 15) is 9.59 Å². The van der Waals surface area contributed by atoms with Gasteiger partial charge in [0.25, 0.3) is 0 Å². The second-order valence-corrected chi connectivity index (χ2v) is 7.37. The molecule has 1 fully saturated rings. The lowest BCUT2D eigenvalue weighted by atomic mass is 9.91. The Morgan fingerprint density at radius 2 is 1.92 bits per heavy atom. The topological polar surface area (TPSA) is 73.7 Å². The molecule has 0 atom stereocenters. The third-order valence-electron chi connectivity index (χ3n) is 4.42. The predicted octanol–water partition coefficient (Wildman–Crippen LogP) is 2.17. The Kier molecular flexibility index (Phi) is 6.21. The summed E-state index contributed by atoms with van der Waals surface area (Å²) < 4.78 is 12.0. The smallest absolute Gasteiger partial charge is 0.358 e. The van der Waals surface area contributed by atoms with Gasteiger partial charge in [-0.3, -0.25) is 9.48 Å². The summed E-state index contributed by atoms with van der Waals surface area (Å²) in [6.07, 6.45) is 1.62. The molecule has 1 aromatic rings. The summed E-state index contributed by atoms with van der Waals surface area (Å²) in [6.45, 7) is 9.89. The fraction of sp³-hybridized carbons (Fsp3) is 0.722. The quantitative estimate of drug-likeness (QED) is 0.760. The van der Waals surface area contributed by atoms with Gasteiger partial charge < -0.3 is 14.4 Å². The molecule has 1 aliphatic rings. The van der Waals surface area contributed by atoms with E-state index in [1.807, 2.05) is 15.6 Å². The summed E-state index contributed by atoms with van der Waals surface area (Å²) >= 11 is 0. The molecule has 25 heavy (non-hydrogen) atoms. The third-order valence-corrected chi connectivity index (χ3v) is 4.42. The lowest BCUT2D eigenvalue weighted by molar-refractivity contribution is -0.136. The number of aromatic nitrogens is 2. The van der Waals surface area contributed by atoms with Gasteiger partial charge in [0, 0.05) is 31.3 Å². The van der Waals surface area contributed by atoms with Crippen LogP contribution in [0.5, 0.6) is 0 Å². The highest BCUT2D eigenvalue weighted by molar-refractivity contribution is 5.87. The minimum Gasteiger partial charge on any atom is -0.461 e. The van der Waals surface area contributed by atoms with Crippen LogP contribution >= 0.6 is 0 Å². The molecule has 0 bridgehead atoms. The Morgan fingerprint density at radius 1 is 1.28 bits per heavy atom. The maximum absolute atomic E-state index is 12.1. The maximum atomic E-state index is 12.1. The van der Waals surface area contributed by atoms with E-state index in [0.717, 1.165) is 18.5 Å². The van der Waals surface area contributed by atoms with Crippen molar-refractivity contribution >= 4 is 11.9 Å². The Bertz CT molecular complexity index is 610. The summed E-state index contributed by atoms with van der Waals surface area (Å²) in [6, 6.07) is 2.00. The molecule has 0 N–H and O–H groups in total. The molecule has 1 aromatic heterocycles. The van der Waals surface area contributed by atoms with Gasteiger partial charge in [0.15, 0.2) is 5.69 Å². The van der Waals surface area contributed by atoms with Gasteiger partial charge in [-0.15, -0.1) is 0 Å². The fourth-order valence-electron chi connectivity index (χ4n) is 3.11. The van der Waals surface area contributed by atoms with Crippen molar-refractivity contribution in [2.75, 3.05) is 33.4 Å². The van der Waals surface area contributed by atoms with Gasteiger partial charge in [-0.2, -0.15) is 5.10 Å². The number of piperidine rings is 1. The summed E-state index contributed by atoms with van der Waals surface area (Å²) in [5, 5.41) is 4.54. The van der Waals surface area contributed by atoms with Gasteiger partial charge >= 0.3 is 5.97 Å². The van der Waals surface area contributed by atoms with Gasteiger partial charge in [-0.1, -0.05) is 20.8 Å². The van der Waals surface area contributed by atoms with Crippen LogP contribution in [0.4, 0.5) is 0 Å². The largest absolute Gasteiger partial charge is 0.461 e. The summed E-state index contributed by atoms with van der Waals surface area (Å²) in [4.78, 5) is 25.8. The Labute approximate surface area is 149 Å². The van der Waals surface area contributed by atoms with Crippen LogP contribution in [0.3, 0.4) is 0 Å². The average Bonchev–Trinajstić information content (AvgIpc) is 3.01. The number of rotatable bonds is 5. The van der Waals surface area contributed by atoms with Crippen molar-refractivity contribution in [1.82, 2.24) is 14.7 Å². The van der Waals surface area contributed by atoms with Crippen LogP contribution in [-0.2, 0) is 19.7 Å². The fourth-order valence-corrected chi connectivity index (χ4v) is 3.11. The molecule has 140 valence electrons. The van der Waals surface area contributed by atoms with E-state index in [2.05, 4.69) is 25.9 Å². The summed E-state index contributed by atoms with van der Waals surface area (Å²) in [7, 11) is 1.53. The SMILES string of the molecule is CCOC(=O)c1cc(C(C)(C)C)n(C2CCN(C(=O)COC)CC2)n1. The van der Waals surface area contributed by atoms with E-state index in [0.29, 0.717) is 25.4 Å². The molecule has 0 aromatic carbocycles. The molecule has 0 spiro atoms. The lowest BCUT2D eigenvalue weighted by Gasteiger charge is -2.34. The van der Waals surface area contributed by atoms with Crippen LogP contribution in [0, 0.1) is 0 Å². The number of carbonyl (C=O) groups is 2. The van der Waals surface area contributed by atoms with Crippen molar-refractivity contribution in [3.05, 3.63) is 17.5 Å². The molecule has 1 amide bonds. The highest BCUT2D eigenvalue weighted by atomic mass is 16.5. The first kappa shape index (κ1) is 19.4. The van der Waals surface area contributed by atoms with E-state index < -0.39 is 0 Å². The Hall–Kier alpha value is -1.89. The molecule has 0 saturated carbocycles. The van der Waals surface area contributed by atoms with Crippen LogP contribution in [-0.4, -0.2) is 60.0 Å². The highest BCUT2D eigenvalue weighted by Crippen LogP contribution is 2.30. The monoisotopic (exact) mass is 351 g/mol. The van der Waals surface area contributed by atoms with Gasteiger partial charge in [-0.25, -0.2) is 4.79 Å². The Balaban J connectivity index is 2.18. The number of hydrogen-bond donors (Lipinski definition) is 0. The van der Waals surface area contributed by atoms with Gasteiger partial charge in [-0.05, 0) is 25.8 Å². The maximum Gasteiger partial charge on any atom is 0.358 e. The molecular formula is C18H29N3O4. The van der Waals surface area contributed by atoms with E-state index in [-0.39, 0.29) is 29.9 Å². The third kappa shape index (κ3) is 4.60. The van der Waals surface area contributed by atoms with Crippen molar-refractivity contribution in [2.45, 2.75) is 52.0 Å². The zero-order valence-electron chi connectivity index (χ0n) is 15.9. The van der Waals surface area contributed by atoms with E-state index >= 15 is 0 Å². The van der Waals surface area contributed by atoms with Gasteiger partial charge in [0.05, 0.1) is 12.6 Å². The lowest BCUT2D eigenvalue weighted by Crippen LogP contribution is -2.41. The van der Waals surface area contributed by atoms with E-state index in [1.54, 1.807) is 6.92 Å². The van der Waals surface area contributed by atoms with Crippen molar-refractivity contribution in [1.29, 1.82) is 0 Å². The van der Waals surface area contributed by atoms with Gasteiger partial charge in [0.1, 0.15) is 6.61 Å². The zero-order valence-corrected chi connectivity index (χ0v) is 15.9. The van der Waals surface area contributed by atoms with E-state index in [1.165, 1.54) is 7.11 Å². The Morgan fingerprint density at radius 3 is 2.44 bits per heavy atom. The first-order valence-corrected chi connectivity index (χ1v) is 8.81. The highest BCUT2D eigenvalue weighted by Gasteiger charge is 2.30. The van der Waals surface area contributed by atoms with Crippen molar-refractivity contribution in [2.24, 2.45) is 0 Å². The second-order valence-electron chi connectivity index (χ2n) is 7.37. The first-order valence-electron chi connectivity index (χ1n) is 8.81. The van der Waals surface area contributed by atoms with Crippen molar-refractivity contribution in [3.63, 3.8) is 0 Å².